The van der Waals surface area contributed by atoms with E-state index in [4.69, 9.17) is 11.6 Å². The minimum atomic E-state index is -3.45. The number of hydrogen-bond acceptors (Lipinski definition) is 4. The molecule has 0 bridgehead atoms. The van der Waals surface area contributed by atoms with Crippen LogP contribution >= 0.6 is 11.6 Å². The van der Waals surface area contributed by atoms with E-state index in [1.165, 1.54) is 6.07 Å². The van der Waals surface area contributed by atoms with Crippen molar-refractivity contribution in [3.63, 3.8) is 0 Å². The molecule has 1 amide bonds. The Labute approximate surface area is 152 Å². The van der Waals surface area contributed by atoms with Gasteiger partial charge in [-0.15, -0.1) is 0 Å². The maximum Gasteiger partial charge on any atom is 0.255 e. The first-order valence-corrected chi connectivity index (χ1v) is 10.2. The summed E-state index contributed by atoms with van der Waals surface area (Å²) in [5, 5.41) is 0.685. The molecule has 0 atom stereocenters. The van der Waals surface area contributed by atoms with E-state index in [9.17, 15) is 13.2 Å². The fraction of sp³-hybridized carbons (Fsp3) is 0.278. The molecular formula is C18H19ClN2O3S. The Kier molecular flexibility index (Phi) is 5.01. The summed E-state index contributed by atoms with van der Waals surface area (Å²) < 4.78 is 23.8. The highest BCUT2D eigenvalue weighted by molar-refractivity contribution is 7.90. The van der Waals surface area contributed by atoms with Crippen molar-refractivity contribution in [3.8, 4) is 0 Å². The van der Waals surface area contributed by atoms with Crippen molar-refractivity contribution < 1.29 is 13.2 Å². The lowest BCUT2D eigenvalue weighted by molar-refractivity contribution is 0.0743. The third-order valence-electron chi connectivity index (χ3n) is 4.28. The Bertz CT molecular complexity index is 891. The van der Waals surface area contributed by atoms with Crippen LogP contribution in [0.1, 0.15) is 10.4 Å². The van der Waals surface area contributed by atoms with Crippen LogP contribution < -0.4 is 4.90 Å². The Morgan fingerprint density at radius 1 is 0.960 bits per heavy atom. The van der Waals surface area contributed by atoms with Gasteiger partial charge in [-0.2, -0.15) is 0 Å². The minimum absolute atomic E-state index is 0.0773. The number of rotatable bonds is 3. The fourth-order valence-electron chi connectivity index (χ4n) is 3.00. The van der Waals surface area contributed by atoms with Crippen LogP contribution in [0.15, 0.2) is 53.4 Å². The Morgan fingerprint density at radius 2 is 1.56 bits per heavy atom. The maximum atomic E-state index is 12.8. The van der Waals surface area contributed by atoms with Crippen LogP contribution in [-0.4, -0.2) is 51.7 Å². The molecule has 0 saturated carbocycles. The highest BCUT2D eigenvalue weighted by Crippen LogP contribution is 2.26. The molecule has 0 unspecified atom stereocenters. The van der Waals surface area contributed by atoms with Gasteiger partial charge in [0.2, 0.25) is 0 Å². The third-order valence-corrected chi connectivity index (χ3v) is 5.75. The van der Waals surface area contributed by atoms with E-state index in [1.54, 1.807) is 23.1 Å². The van der Waals surface area contributed by atoms with Gasteiger partial charge in [-0.05, 0) is 24.3 Å². The molecule has 0 spiro atoms. The first-order valence-electron chi connectivity index (χ1n) is 7.96. The Hall–Kier alpha value is -2.05. The van der Waals surface area contributed by atoms with E-state index in [-0.39, 0.29) is 16.4 Å². The van der Waals surface area contributed by atoms with E-state index in [2.05, 4.69) is 4.90 Å². The quantitative estimate of drug-likeness (QED) is 0.824. The topological polar surface area (TPSA) is 57.7 Å². The van der Waals surface area contributed by atoms with E-state index >= 15 is 0 Å². The van der Waals surface area contributed by atoms with E-state index in [0.717, 1.165) is 11.9 Å². The lowest BCUT2D eigenvalue weighted by Crippen LogP contribution is -2.49. The molecule has 1 saturated heterocycles. The van der Waals surface area contributed by atoms with Crippen molar-refractivity contribution in [1.82, 2.24) is 4.90 Å². The molecular weight excluding hydrogens is 360 g/mol. The Balaban J connectivity index is 1.76. The number of halogens is 1. The summed E-state index contributed by atoms with van der Waals surface area (Å²) >= 11 is 6.23. The zero-order valence-electron chi connectivity index (χ0n) is 13.9. The van der Waals surface area contributed by atoms with Crippen molar-refractivity contribution in [1.29, 1.82) is 0 Å². The number of nitrogens with zero attached hydrogens (tertiary/aromatic N) is 2. The predicted octanol–water partition coefficient (Wildman–Crippen LogP) is 2.71. The number of para-hydroxylation sites is 1. The second kappa shape index (κ2) is 7.06. The minimum Gasteiger partial charge on any atom is -0.367 e. The smallest absolute Gasteiger partial charge is 0.255 e. The number of carbonyl (C=O) groups is 1. The van der Waals surface area contributed by atoms with Crippen molar-refractivity contribution in [2.24, 2.45) is 0 Å². The number of amides is 1. The summed E-state index contributed by atoms with van der Waals surface area (Å²) in [5.41, 5.74) is 1.18. The van der Waals surface area contributed by atoms with Crippen LogP contribution in [0.25, 0.3) is 0 Å². The molecule has 1 aliphatic heterocycles. The summed E-state index contributed by atoms with van der Waals surface area (Å²) in [6.45, 7) is 2.33. The first-order chi connectivity index (χ1) is 11.9. The molecule has 0 N–H and O–H groups in total. The summed E-state index contributed by atoms with van der Waals surface area (Å²) in [7, 11) is -3.45. The molecule has 1 heterocycles. The van der Waals surface area contributed by atoms with Gasteiger partial charge in [0.15, 0.2) is 9.84 Å². The second-order valence-electron chi connectivity index (χ2n) is 6.00. The van der Waals surface area contributed by atoms with Gasteiger partial charge in [-0.3, -0.25) is 4.79 Å². The number of sulfone groups is 1. The monoisotopic (exact) mass is 378 g/mol. The molecule has 1 aliphatic rings. The van der Waals surface area contributed by atoms with Crippen molar-refractivity contribution in [2.75, 3.05) is 37.3 Å². The number of carbonyl (C=O) groups excluding carboxylic acids is 1. The van der Waals surface area contributed by atoms with Crippen LogP contribution in [0.5, 0.6) is 0 Å². The van der Waals surface area contributed by atoms with Crippen LogP contribution in [0, 0.1) is 0 Å². The maximum absolute atomic E-state index is 12.8. The number of hydrogen-bond donors (Lipinski definition) is 0. The lowest BCUT2D eigenvalue weighted by Gasteiger charge is -2.36. The Morgan fingerprint density at radius 3 is 2.20 bits per heavy atom. The number of anilines is 1. The first kappa shape index (κ1) is 17.8. The molecule has 132 valence electrons. The molecule has 2 aromatic carbocycles. The van der Waals surface area contributed by atoms with Gasteiger partial charge >= 0.3 is 0 Å². The molecule has 25 heavy (non-hydrogen) atoms. The van der Waals surface area contributed by atoms with Gasteiger partial charge in [-0.25, -0.2) is 8.42 Å². The summed E-state index contributed by atoms with van der Waals surface area (Å²) in [5.74, 6) is -0.250. The zero-order valence-corrected chi connectivity index (χ0v) is 15.4. The number of benzene rings is 2. The molecule has 0 aromatic heterocycles. The molecule has 5 nitrogen and oxygen atoms in total. The van der Waals surface area contributed by atoms with Crippen molar-refractivity contribution in [3.05, 3.63) is 59.1 Å². The summed E-state index contributed by atoms with van der Waals surface area (Å²) in [6.07, 6.45) is 1.12. The molecule has 2 aromatic rings. The highest BCUT2D eigenvalue weighted by Gasteiger charge is 2.26. The largest absolute Gasteiger partial charge is 0.367 e. The van der Waals surface area contributed by atoms with E-state index in [1.807, 2.05) is 24.3 Å². The average molecular weight is 379 g/mol. The highest BCUT2D eigenvalue weighted by atomic mass is 35.5. The van der Waals surface area contributed by atoms with Crippen LogP contribution in [0.2, 0.25) is 5.02 Å². The zero-order chi connectivity index (χ0) is 18.0. The average Bonchev–Trinajstić information content (AvgIpc) is 2.61. The van der Waals surface area contributed by atoms with Gasteiger partial charge in [0, 0.05) is 32.4 Å². The van der Waals surface area contributed by atoms with E-state index in [0.29, 0.717) is 31.2 Å². The van der Waals surface area contributed by atoms with Crippen molar-refractivity contribution >= 4 is 33.0 Å². The normalized spacial score (nSPS) is 15.3. The van der Waals surface area contributed by atoms with Crippen LogP contribution in [-0.2, 0) is 9.84 Å². The lowest BCUT2D eigenvalue weighted by atomic mass is 10.1. The van der Waals surface area contributed by atoms with Crippen LogP contribution in [0.3, 0.4) is 0 Å². The van der Waals surface area contributed by atoms with Crippen LogP contribution in [0.4, 0.5) is 5.69 Å². The molecule has 0 aliphatic carbocycles. The van der Waals surface area contributed by atoms with Gasteiger partial charge in [0.1, 0.15) is 0 Å². The standard InChI is InChI=1S/C18H19ClN2O3S/c1-25(23,24)17-9-5-2-6-14(17)18(22)21-12-10-20(11-13-21)16-8-4-3-7-15(16)19/h2-9H,10-13H2,1H3. The molecule has 1 fully saturated rings. The fourth-order valence-corrected chi connectivity index (χ4v) is 4.13. The number of piperazine rings is 1. The van der Waals surface area contributed by atoms with Gasteiger partial charge < -0.3 is 9.80 Å². The molecule has 0 radical (unpaired) electrons. The van der Waals surface area contributed by atoms with Crippen molar-refractivity contribution in [2.45, 2.75) is 4.90 Å². The molecule has 3 rings (SSSR count). The second-order valence-corrected chi connectivity index (χ2v) is 8.39. The third kappa shape index (κ3) is 3.80. The van der Waals surface area contributed by atoms with Gasteiger partial charge in [0.25, 0.3) is 5.91 Å². The SMILES string of the molecule is CS(=O)(=O)c1ccccc1C(=O)N1CCN(c2ccccc2Cl)CC1. The predicted molar refractivity (Wildman–Crippen MR) is 99.1 cm³/mol. The summed E-state index contributed by atoms with van der Waals surface area (Å²) in [6, 6.07) is 14.0. The van der Waals surface area contributed by atoms with Gasteiger partial charge in [-0.1, -0.05) is 35.9 Å². The molecule has 7 heteroatoms. The van der Waals surface area contributed by atoms with Gasteiger partial charge in [0.05, 0.1) is 21.2 Å². The summed E-state index contributed by atoms with van der Waals surface area (Å²) in [4.78, 5) is 16.7. The van der Waals surface area contributed by atoms with E-state index < -0.39 is 9.84 Å².